The quantitative estimate of drug-likeness (QED) is 0.419. The molecule has 10 heteroatoms. The Morgan fingerprint density at radius 3 is 2.73 bits per heavy atom. The van der Waals surface area contributed by atoms with Crippen molar-refractivity contribution in [3.05, 3.63) is 65.1 Å². The normalized spacial score (nSPS) is 13.5. The lowest BCUT2D eigenvalue weighted by atomic mass is 10.1. The smallest absolute Gasteiger partial charge is 0.236 e. The molecule has 33 heavy (non-hydrogen) atoms. The molecule has 0 unspecified atom stereocenters. The first-order valence-corrected chi connectivity index (χ1v) is 12.3. The lowest BCUT2D eigenvalue weighted by molar-refractivity contribution is -0.117. The van der Waals surface area contributed by atoms with Crippen molar-refractivity contribution in [2.24, 2.45) is 5.10 Å². The summed E-state index contributed by atoms with van der Waals surface area (Å²) >= 11 is 2.62. The van der Waals surface area contributed by atoms with Gasteiger partial charge >= 0.3 is 0 Å². The van der Waals surface area contributed by atoms with E-state index in [1.165, 1.54) is 29.1 Å². The lowest BCUT2D eigenvalue weighted by Gasteiger charge is -2.14. The Morgan fingerprint density at radius 2 is 1.97 bits per heavy atom. The summed E-state index contributed by atoms with van der Waals surface area (Å²) < 4.78 is 2.11. The van der Waals surface area contributed by atoms with Gasteiger partial charge < -0.3 is 9.88 Å². The molecule has 0 fully saturated rings. The number of hydrogen-bond acceptors (Lipinski definition) is 8. The number of aryl methyl sites for hydroxylation is 2. The number of fused-ring (bicyclic) bond motifs is 3. The fraction of sp³-hybridized carbons (Fsp3) is 0.174. The maximum Gasteiger partial charge on any atom is 0.236 e. The van der Waals surface area contributed by atoms with Gasteiger partial charge in [0.1, 0.15) is 5.52 Å². The van der Waals surface area contributed by atoms with Crippen LogP contribution in [-0.4, -0.2) is 36.6 Å². The molecule has 0 spiro atoms. The average molecular weight is 476 g/mol. The Kier molecular flexibility index (Phi) is 6.01. The van der Waals surface area contributed by atoms with E-state index >= 15 is 0 Å². The summed E-state index contributed by atoms with van der Waals surface area (Å²) in [6.07, 6.45) is 0. The van der Waals surface area contributed by atoms with Crippen molar-refractivity contribution in [1.82, 2.24) is 30.5 Å². The van der Waals surface area contributed by atoms with Gasteiger partial charge in [0.25, 0.3) is 0 Å². The predicted octanol–water partition coefficient (Wildman–Crippen LogP) is 4.12. The minimum Gasteiger partial charge on any atom is -0.324 e. The molecule has 0 bridgehead atoms. The Labute approximate surface area is 198 Å². The summed E-state index contributed by atoms with van der Waals surface area (Å²) in [5.74, 6) is -0.0202. The van der Waals surface area contributed by atoms with Crippen LogP contribution < -0.4 is 10.7 Å². The Balaban J connectivity index is 1.22. The monoisotopic (exact) mass is 475 g/mol. The van der Waals surface area contributed by atoms with Crippen LogP contribution in [0.1, 0.15) is 18.1 Å². The number of nitrogens with zero attached hydrogens (tertiary/aromatic N) is 5. The van der Waals surface area contributed by atoms with Crippen LogP contribution in [0.5, 0.6) is 0 Å². The van der Waals surface area contributed by atoms with Crippen LogP contribution in [0.4, 0.5) is 0 Å². The Hall–Kier alpha value is -3.37. The molecule has 1 aliphatic rings. The first kappa shape index (κ1) is 21.5. The molecule has 0 radical (unpaired) electrons. The van der Waals surface area contributed by atoms with Crippen molar-refractivity contribution in [3.63, 3.8) is 0 Å². The molecular formula is C23H21N7OS2. The van der Waals surface area contributed by atoms with Gasteiger partial charge in [-0.3, -0.25) is 10.2 Å². The molecule has 0 saturated carbocycles. The molecule has 5 rings (SSSR count). The molecule has 2 aromatic heterocycles. The second kappa shape index (κ2) is 9.24. The second-order valence-electron chi connectivity index (χ2n) is 7.41. The minimum atomic E-state index is -0.181. The van der Waals surface area contributed by atoms with E-state index in [1.807, 2.05) is 42.7 Å². The number of amides is 1. The molecule has 166 valence electrons. The number of rotatable bonds is 5. The number of carbonyl (C=O) groups is 1. The molecular weight excluding hydrogens is 454 g/mol. The van der Waals surface area contributed by atoms with Gasteiger partial charge in [0.15, 0.2) is 10.8 Å². The van der Waals surface area contributed by atoms with Gasteiger partial charge in [-0.2, -0.15) is 0 Å². The van der Waals surface area contributed by atoms with E-state index in [9.17, 15) is 4.79 Å². The molecule has 1 aliphatic heterocycles. The number of para-hydroxylation sites is 1. The third-order valence-electron chi connectivity index (χ3n) is 5.18. The summed E-state index contributed by atoms with van der Waals surface area (Å²) in [4.78, 5) is 17.1. The summed E-state index contributed by atoms with van der Waals surface area (Å²) in [7, 11) is 0. The van der Waals surface area contributed by atoms with Gasteiger partial charge in [0.05, 0.1) is 17.0 Å². The molecule has 0 atom stereocenters. The number of nitrogens with one attached hydrogen (secondary N) is 2. The zero-order chi connectivity index (χ0) is 22.8. The third-order valence-corrected chi connectivity index (χ3v) is 6.79. The van der Waals surface area contributed by atoms with Crippen LogP contribution in [0.3, 0.4) is 0 Å². The molecule has 4 aromatic rings. The molecule has 2 N–H and O–H groups in total. The van der Waals surface area contributed by atoms with Crippen LogP contribution >= 0.6 is 23.5 Å². The van der Waals surface area contributed by atoms with Gasteiger partial charge in [0, 0.05) is 22.9 Å². The van der Waals surface area contributed by atoms with Gasteiger partial charge in [-0.25, -0.2) is 4.98 Å². The van der Waals surface area contributed by atoms with Crippen molar-refractivity contribution in [2.45, 2.75) is 25.5 Å². The molecule has 8 nitrogen and oxygen atoms in total. The van der Waals surface area contributed by atoms with E-state index in [0.717, 1.165) is 39.9 Å². The van der Waals surface area contributed by atoms with Crippen LogP contribution in [-0.2, 0) is 11.3 Å². The number of amidine groups is 1. The SMILES string of the molecule is CCn1c2ccccc2c2nnc(SCC(=O)NC3=NNC(c4ccc(C)cc4)=CS3)nc21. The fourth-order valence-corrected chi connectivity index (χ4v) is 4.83. The minimum absolute atomic E-state index is 0.160. The van der Waals surface area contributed by atoms with Crippen molar-refractivity contribution in [1.29, 1.82) is 0 Å². The standard InChI is InChI=1S/C23H21N7OS2/c1-3-30-18-7-5-4-6-16(18)20-21(30)25-23(29-27-20)33-13-19(31)24-22-28-26-17(12-32-22)15-10-8-14(2)9-11-15/h4-12,26H,3,13H2,1-2H3,(H,24,28,31). The van der Waals surface area contributed by atoms with Gasteiger partial charge in [-0.05, 0) is 19.9 Å². The third kappa shape index (κ3) is 4.44. The van der Waals surface area contributed by atoms with Crippen LogP contribution in [0.15, 0.2) is 64.2 Å². The number of aromatic nitrogens is 4. The highest BCUT2D eigenvalue weighted by atomic mass is 32.2. The van der Waals surface area contributed by atoms with Crippen LogP contribution in [0.2, 0.25) is 0 Å². The van der Waals surface area contributed by atoms with Crippen molar-refractivity contribution in [3.8, 4) is 0 Å². The average Bonchev–Trinajstić information content (AvgIpc) is 3.16. The highest BCUT2D eigenvalue weighted by Crippen LogP contribution is 2.27. The maximum absolute atomic E-state index is 12.4. The van der Waals surface area contributed by atoms with E-state index < -0.39 is 0 Å². The first-order valence-electron chi connectivity index (χ1n) is 10.4. The van der Waals surface area contributed by atoms with Gasteiger partial charge in [-0.1, -0.05) is 71.6 Å². The highest BCUT2D eigenvalue weighted by Gasteiger charge is 2.16. The molecule has 3 heterocycles. The number of hydrogen-bond donors (Lipinski definition) is 2. The number of benzene rings is 2. The molecule has 0 aliphatic carbocycles. The zero-order valence-corrected chi connectivity index (χ0v) is 19.7. The Bertz CT molecular complexity index is 1410. The van der Waals surface area contributed by atoms with E-state index in [4.69, 9.17) is 0 Å². The summed E-state index contributed by atoms with van der Waals surface area (Å²) in [6, 6.07) is 16.2. The largest absolute Gasteiger partial charge is 0.324 e. The zero-order valence-electron chi connectivity index (χ0n) is 18.1. The number of thioether (sulfide) groups is 2. The van der Waals surface area contributed by atoms with Gasteiger partial charge in [-0.15, -0.1) is 15.3 Å². The van der Waals surface area contributed by atoms with Crippen LogP contribution in [0.25, 0.3) is 27.8 Å². The van der Waals surface area contributed by atoms with Crippen molar-refractivity contribution in [2.75, 3.05) is 5.75 Å². The molecule has 2 aromatic carbocycles. The van der Waals surface area contributed by atoms with E-state index in [0.29, 0.717) is 10.3 Å². The van der Waals surface area contributed by atoms with Crippen LogP contribution in [0, 0.1) is 6.92 Å². The fourth-order valence-electron chi connectivity index (χ4n) is 3.56. The van der Waals surface area contributed by atoms with Crippen molar-refractivity contribution >= 4 is 62.4 Å². The van der Waals surface area contributed by atoms with E-state index in [1.54, 1.807) is 0 Å². The second-order valence-corrected chi connectivity index (χ2v) is 9.21. The summed E-state index contributed by atoms with van der Waals surface area (Å²) in [5, 5.41) is 19.6. The predicted molar refractivity (Wildman–Crippen MR) is 135 cm³/mol. The molecule has 0 saturated heterocycles. The summed E-state index contributed by atoms with van der Waals surface area (Å²) in [6.45, 7) is 4.90. The molecule has 1 amide bonds. The summed E-state index contributed by atoms with van der Waals surface area (Å²) in [5.41, 5.74) is 8.77. The van der Waals surface area contributed by atoms with E-state index in [2.05, 4.69) is 60.7 Å². The topological polar surface area (TPSA) is 97.1 Å². The number of hydrazone groups is 1. The number of carbonyl (C=O) groups excluding carboxylic acids is 1. The van der Waals surface area contributed by atoms with E-state index in [-0.39, 0.29) is 11.7 Å². The Morgan fingerprint density at radius 1 is 1.15 bits per heavy atom. The van der Waals surface area contributed by atoms with Crippen molar-refractivity contribution < 1.29 is 4.79 Å². The first-order chi connectivity index (χ1) is 16.1. The van der Waals surface area contributed by atoms with Gasteiger partial charge in [0.2, 0.25) is 11.1 Å². The highest BCUT2D eigenvalue weighted by molar-refractivity contribution is 8.16. The maximum atomic E-state index is 12.4. The lowest BCUT2D eigenvalue weighted by Crippen LogP contribution is -2.32.